The molecule has 2 heterocycles. The van der Waals surface area contributed by atoms with Crippen molar-refractivity contribution in [1.29, 1.82) is 0 Å². The highest BCUT2D eigenvalue weighted by molar-refractivity contribution is 5.94. The van der Waals surface area contributed by atoms with Crippen molar-refractivity contribution in [3.8, 4) is 0 Å². The number of nitrogens with zero attached hydrogens (tertiary/aromatic N) is 2. The van der Waals surface area contributed by atoms with E-state index in [1.807, 2.05) is 11.0 Å². The van der Waals surface area contributed by atoms with Gasteiger partial charge in [0.2, 0.25) is 0 Å². The number of hydrogen-bond donors (Lipinski definition) is 1. The summed E-state index contributed by atoms with van der Waals surface area (Å²) in [6.07, 6.45) is 4.21. The minimum Gasteiger partial charge on any atom is -0.390 e. The average Bonchev–Trinajstić information content (AvgIpc) is 3.03. The maximum absolute atomic E-state index is 12.9. The summed E-state index contributed by atoms with van der Waals surface area (Å²) in [6.45, 7) is 4.13. The standard InChI is InChI=1S/C19H26N2O3/c22-18-13-21(12-17(18)20-7-9-24-10-8-20)19(23)16-6-5-14-3-1-2-4-15(14)11-16/h5-6,11,17-18,22H,1-4,7-10,12-13H2/t17-,18-/m0/s1. The summed E-state index contributed by atoms with van der Waals surface area (Å²) in [5.41, 5.74) is 3.49. The summed E-state index contributed by atoms with van der Waals surface area (Å²) < 4.78 is 5.39. The minimum atomic E-state index is -0.468. The molecule has 2 fully saturated rings. The van der Waals surface area contributed by atoms with Crippen molar-refractivity contribution < 1.29 is 14.6 Å². The number of hydrogen-bond acceptors (Lipinski definition) is 4. The molecule has 0 bridgehead atoms. The monoisotopic (exact) mass is 330 g/mol. The van der Waals surface area contributed by atoms with Crippen LogP contribution in [0.3, 0.4) is 0 Å². The van der Waals surface area contributed by atoms with E-state index >= 15 is 0 Å². The number of ether oxygens (including phenoxy) is 1. The van der Waals surface area contributed by atoms with Crippen molar-refractivity contribution in [2.24, 2.45) is 0 Å². The highest BCUT2D eigenvalue weighted by Gasteiger charge is 2.38. The van der Waals surface area contributed by atoms with E-state index in [2.05, 4.69) is 17.0 Å². The van der Waals surface area contributed by atoms with Crippen LogP contribution >= 0.6 is 0 Å². The highest BCUT2D eigenvalue weighted by Crippen LogP contribution is 2.24. The smallest absolute Gasteiger partial charge is 0.254 e. The maximum Gasteiger partial charge on any atom is 0.254 e. The number of aliphatic hydroxyl groups is 1. The zero-order valence-electron chi connectivity index (χ0n) is 14.1. The number of rotatable bonds is 2. The van der Waals surface area contributed by atoms with Crippen LogP contribution in [0.15, 0.2) is 18.2 Å². The van der Waals surface area contributed by atoms with Crippen LogP contribution in [0.2, 0.25) is 0 Å². The molecule has 5 nitrogen and oxygen atoms in total. The van der Waals surface area contributed by atoms with Crippen LogP contribution in [0.5, 0.6) is 0 Å². The molecule has 130 valence electrons. The Balaban J connectivity index is 1.47. The fraction of sp³-hybridized carbons (Fsp3) is 0.632. The fourth-order valence-corrected chi connectivity index (χ4v) is 4.25. The lowest BCUT2D eigenvalue weighted by Crippen LogP contribution is -2.49. The summed E-state index contributed by atoms with van der Waals surface area (Å²) in [6, 6.07) is 6.19. The number of fused-ring (bicyclic) bond motifs is 1. The molecule has 24 heavy (non-hydrogen) atoms. The summed E-state index contributed by atoms with van der Waals surface area (Å²) in [5, 5.41) is 10.4. The van der Waals surface area contributed by atoms with Gasteiger partial charge in [-0.15, -0.1) is 0 Å². The van der Waals surface area contributed by atoms with E-state index < -0.39 is 6.10 Å². The molecule has 1 amide bonds. The van der Waals surface area contributed by atoms with Crippen molar-refractivity contribution in [3.63, 3.8) is 0 Å². The van der Waals surface area contributed by atoms with Crippen molar-refractivity contribution in [3.05, 3.63) is 34.9 Å². The van der Waals surface area contributed by atoms with Gasteiger partial charge in [0.05, 0.1) is 25.4 Å². The highest BCUT2D eigenvalue weighted by atomic mass is 16.5. The number of morpholine rings is 1. The van der Waals surface area contributed by atoms with Gasteiger partial charge in [0.25, 0.3) is 5.91 Å². The Labute approximate surface area is 143 Å². The van der Waals surface area contributed by atoms with E-state index in [0.29, 0.717) is 26.3 Å². The second-order valence-corrected chi connectivity index (χ2v) is 7.18. The SMILES string of the molecule is O=C(c1ccc2c(c1)CCCC2)N1C[C@H](O)[C@@H](N2CCOCC2)C1. The summed E-state index contributed by atoms with van der Waals surface area (Å²) >= 11 is 0. The van der Waals surface area contributed by atoms with Gasteiger partial charge >= 0.3 is 0 Å². The minimum absolute atomic E-state index is 0.0375. The Morgan fingerprint density at radius 3 is 2.62 bits per heavy atom. The molecular weight excluding hydrogens is 304 g/mol. The number of aliphatic hydroxyl groups excluding tert-OH is 1. The first-order valence-corrected chi connectivity index (χ1v) is 9.13. The molecule has 5 heteroatoms. The molecule has 1 aliphatic carbocycles. The van der Waals surface area contributed by atoms with Gasteiger partial charge in [-0.3, -0.25) is 9.69 Å². The second kappa shape index (κ2) is 6.82. The van der Waals surface area contributed by atoms with E-state index in [0.717, 1.165) is 31.5 Å². The van der Waals surface area contributed by atoms with E-state index in [4.69, 9.17) is 4.74 Å². The zero-order chi connectivity index (χ0) is 16.5. The van der Waals surface area contributed by atoms with Crippen molar-refractivity contribution >= 4 is 5.91 Å². The first kappa shape index (κ1) is 16.1. The van der Waals surface area contributed by atoms with Crippen LogP contribution < -0.4 is 0 Å². The molecule has 1 aromatic carbocycles. The molecule has 2 atom stereocenters. The van der Waals surface area contributed by atoms with Gasteiger partial charge in [-0.2, -0.15) is 0 Å². The van der Waals surface area contributed by atoms with Gasteiger partial charge in [-0.1, -0.05) is 6.07 Å². The number of likely N-dealkylation sites (tertiary alicyclic amines) is 1. The Hall–Kier alpha value is -1.43. The predicted molar refractivity (Wildman–Crippen MR) is 91.2 cm³/mol. The number of β-amino-alcohol motifs (C(OH)–C–C–N with tert-alkyl or cyclic N) is 1. The molecular formula is C19H26N2O3. The topological polar surface area (TPSA) is 53.0 Å². The molecule has 0 spiro atoms. The van der Waals surface area contributed by atoms with Crippen molar-refractivity contribution in [2.45, 2.75) is 37.8 Å². The van der Waals surface area contributed by atoms with Crippen molar-refractivity contribution in [1.82, 2.24) is 9.80 Å². The molecule has 0 saturated carbocycles. The predicted octanol–water partition coefficient (Wildman–Crippen LogP) is 1.08. The van der Waals surface area contributed by atoms with Crippen LogP contribution in [0, 0.1) is 0 Å². The van der Waals surface area contributed by atoms with E-state index in [1.54, 1.807) is 0 Å². The van der Waals surface area contributed by atoms with Crippen LogP contribution in [-0.4, -0.2) is 72.4 Å². The largest absolute Gasteiger partial charge is 0.390 e. The van der Waals surface area contributed by atoms with Crippen molar-refractivity contribution in [2.75, 3.05) is 39.4 Å². The molecule has 2 saturated heterocycles. The molecule has 0 aromatic heterocycles. The Morgan fingerprint density at radius 1 is 1.08 bits per heavy atom. The number of carbonyl (C=O) groups is 1. The Bertz CT molecular complexity index is 613. The molecule has 2 aliphatic heterocycles. The van der Waals surface area contributed by atoms with E-state index in [1.165, 1.54) is 24.0 Å². The average molecular weight is 330 g/mol. The molecule has 0 radical (unpaired) electrons. The van der Waals surface area contributed by atoms with Crippen LogP contribution in [-0.2, 0) is 17.6 Å². The first-order chi connectivity index (χ1) is 11.7. The van der Waals surface area contributed by atoms with E-state index in [-0.39, 0.29) is 11.9 Å². The van der Waals surface area contributed by atoms with E-state index in [9.17, 15) is 9.90 Å². The van der Waals surface area contributed by atoms with Gasteiger partial charge in [0.1, 0.15) is 0 Å². The second-order valence-electron chi connectivity index (χ2n) is 7.18. The molecule has 0 unspecified atom stereocenters. The normalized spacial score (nSPS) is 28.0. The Kier molecular flexibility index (Phi) is 4.57. The summed E-state index contributed by atoms with van der Waals surface area (Å²) in [7, 11) is 0. The number of benzene rings is 1. The fourth-order valence-electron chi connectivity index (χ4n) is 4.25. The quantitative estimate of drug-likeness (QED) is 0.882. The third-order valence-electron chi connectivity index (χ3n) is 5.66. The lowest BCUT2D eigenvalue weighted by Gasteiger charge is -2.33. The van der Waals surface area contributed by atoms with Gasteiger partial charge in [-0.05, 0) is 48.9 Å². The number of amides is 1. The van der Waals surface area contributed by atoms with Gasteiger partial charge in [0, 0.05) is 31.7 Å². The summed E-state index contributed by atoms with van der Waals surface area (Å²) in [4.78, 5) is 17.0. The maximum atomic E-state index is 12.9. The van der Waals surface area contributed by atoms with Crippen LogP contribution in [0.25, 0.3) is 0 Å². The van der Waals surface area contributed by atoms with Gasteiger partial charge < -0.3 is 14.7 Å². The lowest BCUT2D eigenvalue weighted by molar-refractivity contribution is -0.00611. The number of carbonyl (C=O) groups excluding carboxylic acids is 1. The van der Waals surface area contributed by atoms with Crippen LogP contribution in [0.4, 0.5) is 0 Å². The van der Waals surface area contributed by atoms with Crippen LogP contribution in [0.1, 0.15) is 34.3 Å². The third-order valence-corrected chi connectivity index (χ3v) is 5.66. The first-order valence-electron chi connectivity index (χ1n) is 9.13. The molecule has 3 aliphatic rings. The van der Waals surface area contributed by atoms with Gasteiger partial charge in [0.15, 0.2) is 0 Å². The Morgan fingerprint density at radius 2 is 1.83 bits per heavy atom. The number of aryl methyl sites for hydroxylation is 2. The van der Waals surface area contributed by atoms with Gasteiger partial charge in [-0.25, -0.2) is 0 Å². The molecule has 4 rings (SSSR count). The molecule has 1 N–H and O–H groups in total. The zero-order valence-corrected chi connectivity index (χ0v) is 14.1. The summed E-state index contributed by atoms with van der Waals surface area (Å²) in [5.74, 6) is 0.0539. The lowest BCUT2D eigenvalue weighted by atomic mass is 9.90. The molecule has 1 aromatic rings. The third kappa shape index (κ3) is 3.08.